The molecule has 2 aromatic rings. The van der Waals surface area contributed by atoms with Gasteiger partial charge >= 0.3 is 5.97 Å². The van der Waals surface area contributed by atoms with Gasteiger partial charge in [0, 0.05) is 11.3 Å². The summed E-state index contributed by atoms with van der Waals surface area (Å²) in [6.45, 7) is 4.97. The number of Topliss-reactive ketones (excluding diaryl/α,β-unsaturated/α-hetero) is 1. The summed E-state index contributed by atoms with van der Waals surface area (Å²) in [6.07, 6.45) is 0. The van der Waals surface area contributed by atoms with E-state index in [2.05, 4.69) is 10.3 Å². The number of hydrogen-bond donors (Lipinski definition) is 1. The lowest BCUT2D eigenvalue weighted by Crippen LogP contribution is -2.14. The largest absolute Gasteiger partial charge is 0.453 e. The zero-order valence-electron chi connectivity index (χ0n) is 13.5. The van der Waals surface area contributed by atoms with Gasteiger partial charge in [0.1, 0.15) is 4.88 Å². The first kappa shape index (κ1) is 16.3. The maximum absolute atomic E-state index is 12.3. The summed E-state index contributed by atoms with van der Waals surface area (Å²) >= 11 is 1.24. The summed E-state index contributed by atoms with van der Waals surface area (Å²) in [5, 5.41) is 3.53. The summed E-state index contributed by atoms with van der Waals surface area (Å²) in [5.41, 5.74) is 2.52. The molecular formula is C17H16N2O4S. The van der Waals surface area contributed by atoms with Crippen LogP contribution >= 0.6 is 11.3 Å². The molecule has 124 valence electrons. The molecule has 7 heteroatoms. The van der Waals surface area contributed by atoms with Crippen molar-refractivity contribution in [1.82, 2.24) is 4.98 Å². The normalized spacial score (nSPS) is 15.8. The molecule has 0 aliphatic carbocycles. The highest BCUT2D eigenvalue weighted by molar-refractivity contribution is 7.13. The van der Waals surface area contributed by atoms with E-state index in [1.54, 1.807) is 39.0 Å². The van der Waals surface area contributed by atoms with E-state index in [1.165, 1.54) is 11.3 Å². The predicted octanol–water partition coefficient (Wildman–Crippen LogP) is 2.86. The van der Waals surface area contributed by atoms with Gasteiger partial charge in [0.15, 0.2) is 12.4 Å². The minimum absolute atomic E-state index is 0.0860. The van der Waals surface area contributed by atoms with Gasteiger partial charge in [-0.1, -0.05) is 0 Å². The third-order valence-corrected chi connectivity index (χ3v) is 4.97. The second-order valence-corrected chi connectivity index (χ2v) is 6.86. The first-order valence-corrected chi connectivity index (χ1v) is 8.27. The van der Waals surface area contributed by atoms with Gasteiger partial charge in [0.2, 0.25) is 5.91 Å². The number of carbonyl (C=O) groups excluding carboxylic acids is 3. The number of fused-ring (bicyclic) bond motifs is 1. The highest BCUT2D eigenvalue weighted by atomic mass is 32.1. The van der Waals surface area contributed by atoms with Crippen LogP contribution in [0.25, 0.3) is 0 Å². The number of anilines is 1. The lowest BCUT2D eigenvalue weighted by atomic mass is 9.99. The molecule has 0 spiro atoms. The molecule has 3 rings (SSSR count). The molecule has 1 aliphatic heterocycles. The SMILES string of the molecule is Cc1nc(C)c(C(=O)OCC(=O)c2ccc3c(c2)[C@H](C)C(=O)N3)s1. The van der Waals surface area contributed by atoms with Crippen molar-refractivity contribution in [2.45, 2.75) is 26.7 Å². The Kier molecular flexibility index (Phi) is 4.19. The highest BCUT2D eigenvalue weighted by Gasteiger charge is 2.27. The molecule has 24 heavy (non-hydrogen) atoms. The number of ketones is 1. The zero-order valence-corrected chi connectivity index (χ0v) is 14.3. The number of nitrogens with one attached hydrogen (secondary N) is 1. The van der Waals surface area contributed by atoms with E-state index in [-0.39, 0.29) is 24.2 Å². The van der Waals surface area contributed by atoms with Crippen molar-refractivity contribution >= 4 is 34.7 Å². The molecule has 0 bridgehead atoms. The van der Waals surface area contributed by atoms with E-state index in [0.29, 0.717) is 16.1 Å². The van der Waals surface area contributed by atoms with Crippen LogP contribution in [0.4, 0.5) is 5.69 Å². The molecular weight excluding hydrogens is 328 g/mol. The Morgan fingerprint density at radius 3 is 2.75 bits per heavy atom. The fraction of sp³-hybridized carbons (Fsp3) is 0.294. The number of rotatable bonds is 4. The number of benzene rings is 1. The van der Waals surface area contributed by atoms with Gasteiger partial charge in [-0.15, -0.1) is 11.3 Å². The van der Waals surface area contributed by atoms with E-state index in [0.717, 1.165) is 16.3 Å². The van der Waals surface area contributed by atoms with Gasteiger partial charge in [-0.25, -0.2) is 9.78 Å². The lowest BCUT2D eigenvalue weighted by molar-refractivity contribution is -0.116. The summed E-state index contributed by atoms with van der Waals surface area (Å²) in [4.78, 5) is 40.5. The minimum atomic E-state index is -0.544. The van der Waals surface area contributed by atoms with Crippen molar-refractivity contribution in [1.29, 1.82) is 0 Å². The van der Waals surface area contributed by atoms with Crippen LogP contribution < -0.4 is 5.32 Å². The van der Waals surface area contributed by atoms with Crippen LogP contribution in [0.3, 0.4) is 0 Å². The standard InChI is InChI=1S/C17H16N2O4S/c1-8-12-6-11(4-5-13(12)19-16(8)21)14(20)7-23-17(22)15-9(2)18-10(3)24-15/h4-6,8H,7H2,1-3H3,(H,19,21)/t8-/m0/s1. The Labute approximate surface area is 142 Å². The first-order chi connectivity index (χ1) is 11.4. The van der Waals surface area contributed by atoms with Crippen molar-refractivity contribution in [3.05, 3.63) is 44.9 Å². The third-order valence-electron chi connectivity index (χ3n) is 3.91. The van der Waals surface area contributed by atoms with E-state index >= 15 is 0 Å². The number of amides is 1. The maximum Gasteiger partial charge on any atom is 0.350 e. The summed E-state index contributed by atoms with van der Waals surface area (Å²) in [6, 6.07) is 4.99. The summed E-state index contributed by atoms with van der Waals surface area (Å²) in [5.74, 6) is -1.23. The number of aryl methyl sites for hydroxylation is 2. The number of ether oxygens (including phenoxy) is 1. The molecule has 0 saturated heterocycles. The minimum Gasteiger partial charge on any atom is -0.453 e. The molecule has 1 aromatic heterocycles. The average molecular weight is 344 g/mol. The quantitative estimate of drug-likeness (QED) is 0.681. The van der Waals surface area contributed by atoms with E-state index < -0.39 is 5.97 Å². The molecule has 0 fully saturated rings. The van der Waals surface area contributed by atoms with Gasteiger partial charge in [0.05, 0.1) is 16.6 Å². The number of carbonyl (C=O) groups is 3. The number of thiazole rings is 1. The summed E-state index contributed by atoms with van der Waals surface area (Å²) < 4.78 is 5.11. The predicted molar refractivity (Wildman–Crippen MR) is 89.7 cm³/mol. The van der Waals surface area contributed by atoms with Crippen LogP contribution in [0.2, 0.25) is 0 Å². The third kappa shape index (κ3) is 2.94. The van der Waals surface area contributed by atoms with Crippen molar-refractivity contribution < 1.29 is 19.1 Å². The molecule has 1 aromatic carbocycles. The number of aromatic nitrogens is 1. The Hall–Kier alpha value is -2.54. The second kappa shape index (κ2) is 6.16. The first-order valence-electron chi connectivity index (χ1n) is 7.46. The Morgan fingerprint density at radius 1 is 1.33 bits per heavy atom. The number of nitrogens with zero attached hydrogens (tertiary/aromatic N) is 1. The maximum atomic E-state index is 12.3. The van der Waals surface area contributed by atoms with Gasteiger partial charge in [-0.05, 0) is 44.5 Å². The van der Waals surface area contributed by atoms with Gasteiger partial charge in [-0.3, -0.25) is 9.59 Å². The molecule has 6 nitrogen and oxygen atoms in total. The molecule has 0 saturated carbocycles. The summed E-state index contributed by atoms with van der Waals surface area (Å²) in [7, 11) is 0. The highest BCUT2D eigenvalue weighted by Crippen LogP contribution is 2.32. The van der Waals surface area contributed by atoms with Crippen LogP contribution in [-0.2, 0) is 9.53 Å². The van der Waals surface area contributed by atoms with Crippen molar-refractivity contribution in [3.63, 3.8) is 0 Å². The Balaban J connectivity index is 1.69. The molecule has 1 atom stereocenters. The topological polar surface area (TPSA) is 85.4 Å². The molecule has 0 unspecified atom stereocenters. The fourth-order valence-corrected chi connectivity index (χ4v) is 3.40. The van der Waals surface area contributed by atoms with Crippen LogP contribution in [0, 0.1) is 13.8 Å². The molecule has 1 N–H and O–H groups in total. The number of esters is 1. The van der Waals surface area contributed by atoms with E-state index in [1.807, 2.05) is 0 Å². The lowest BCUT2D eigenvalue weighted by Gasteiger charge is -2.06. The smallest absolute Gasteiger partial charge is 0.350 e. The van der Waals surface area contributed by atoms with Gasteiger partial charge < -0.3 is 10.1 Å². The van der Waals surface area contributed by atoms with Crippen molar-refractivity contribution in [2.24, 2.45) is 0 Å². The van der Waals surface area contributed by atoms with Crippen molar-refractivity contribution in [2.75, 3.05) is 11.9 Å². The molecule has 1 amide bonds. The molecule has 1 aliphatic rings. The van der Waals surface area contributed by atoms with Gasteiger partial charge in [-0.2, -0.15) is 0 Å². The average Bonchev–Trinajstić information content (AvgIpc) is 3.03. The Morgan fingerprint density at radius 2 is 2.08 bits per heavy atom. The Bertz CT molecular complexity index is 856. The van der Waals surface area contributed by atoms with Crippen molar-refractivity contribution in [3.8, 4) is 0 Å². The van der Waals surface area contributed by atoms with Crippen LogP contribution in [0.5, 0.6) is 0 Å². The number of hydrogen-bond acceptors (Lipinski definition) is 6. The van der Waals surface area contributed by atoms with E-state index in [9.17, 15) is 14.4 Å². The van der Waals surface area contributed by atoms with Gasteiger partial charge in [0.25, 0.3) is 0 Å². The molecule has 2 heterocycles. The zero-order chi connectivity index (χ0) is 17.4. The van der Waals surface area contributed by atoms with E-state index in [4.69, 9.17) is 4.74 Å². The second-order valence-electron chi connectivity index (χ2n) is 5.66. The van der Waals surface area contributed by atoms with Crippen LogP contribution in [0.15, 0.2) is 18.2 Å². The molecule has 0 radical (unpaired) electrons. The fourth-order valence-electron chi connectivity index (χ4n) is 2.59. The monoisotopic (exact) mass is 344 g/mol. The van der Waals surface area contributed by atoms with Crippen LogP contribution in [-0.4, -0.2) is 29.3 Å². The van der Waals surface area contributed by atoms with Crippen LogP contribution in [0.1, 0.15) is 49.1 Å².